The Kier molecular flexibility index (Phi) is 27.9. The predicted molar refractivity (Wildman–Crippen MR) is 138 cm³/mol. The minimum absolute atomic E-state index is 0. The van der Waals surface area contributed by atoms with Crippen molar-refractivity contribution in [3.8, 4) is 0 Å². The number of rotatable bonds is 7. The number of hydrogen-bond acceptors (Lipinski definition) is 2. The molecule has 2 aromatic rings. The first-order valence-corrected chi connectivity index (χ1v) is 11.3. The Hall–Kier alpha value is -0.874. The van der Waals surface area contributed by atoms with Gasteiger partial charge in [-0.25, -0.2) is 0 Å². The van der Waals surface area contributed by atoms with Crippen LogP contribution in [0.2, 0.25) is 0 Å². The van der Waals surface area contributed by atoms with Gasteiger partial charge in [0.25, 0.3) is 0 Å². The summed E-state index contributed by atoms with van der Waals surface area (Å²) in [6, 6.07) is 19.4. The fraction of sp³-hybridized carbons (Fsp3) is 0.500. The van der Waals surface area contributed by atoms with E-state index in [1.165, 1.54) is 0 Å². The molecule has 0 fully saturated rings. The van der Waals surface area contributed by atoms with Gasteiger partial charge in [-0.3, -0.25) is 4.79 Å². The van der Waals surface area contributed by atoms with E-state index in [9.17, 15) is 9.90 Å². The molecular formula is C28H45ClMgO2. The molecule has 4 heteroatoms. The Labute approximate surface area is 221 Å². The molecule has 0 heterocycles. The van der Waals surface area contributed by atoms with Gasteiger partial charge in [-0.2, -0.15) is 6.92 Å². The Balaban J connectivity index is -0.000000202. The Morgan fingerprint density at radius 1 is 0.875 bits per heavy atom. The molecule has 0 aliphatic carbocycles. The fourth-order valence-corrected chi connectivity index (χ4v) is 3.00. The van der Waals surface area contributed by atoms with Crippen molar-refractivity contribution in [3.05, 3.63) is 78.7 Å². The second-order valence-electron chi connectivity index (χ2n) is 7.74. The Morgan fingerprint density at radius 3 is 1.62 bits per heavy atom. The number of hydrogen-bond donors (Lipinski definition) is 1. The van der Waals surface area contributed by atoms with Crippen molar-refractivity contribution in [1.82, 2.24) is 0 Å². The maximum Gasteiger partial charge on any atom is 2.00 e. The van der Waals surface area contributed by atoms with Gasteiger partial charge in [-0.1, -0.05) is 109 Å². The van der Waals surface area contributed by atoms with Crippen LogP contribution in [0.25, 0.3) is 0 Å². The molecule has 2 nitrogen and oxygen atoms in total. The van der Waals surface area contributed by atoms with Crippen LogP contribution in [0, 0.1) is 18.8 Å². The molecule has 2 aromatic carbocycles. The molecule has 1 unspecified atom stereocenters. The number of aliphatic hydroxyl groups is 1. The number of carbonyl (C=O) groups is 1. The summed E-state index contributed by atoms with van der Waals surface area (Å²) in [6.07, 6.45) is 2.24. The summed E-state index contributed by atoms with van der Waals surface area (Å²) in [6.45, 7) is 19.4. The van der Waals surface area contributed by atoms with Crippen molar-refractivity contribution in [2.45, 2.75) is 80.3 Å². The van der Waals surface area contributed by atoms with E-state index >= 15 is 0 Å². The van der Waals surface area contributed by atoms with E-state index in [0.29, 0.717) is 18.3 Å². The van der Waals surface area contributed by atoms with E-state index in [-0.39, 0.29) is 41.2 Å². The summed E-state index contributed by atoms with van der Waals surface area (Å²) in [5.74, 6) is 1.20. The van der Waals surface area contributed by atoms with Gasteiger partial charge >= 0.3 is 23.1 Å². The number of carbonyl (C=O) groups excluding carboxylic acids is 1. The molecule has 0 aliphatic heterocycles. The normalized spacial score (nSPS) is 11.0. The average molecular weight is 473 g/mol. The quantitative estimate of drug-likeness (QED) is 0.359. The van der Waals surface area contributed by atoms with E-state index < -0.39 is 5.60 Å². The molecule has 0 aromatic heterocycles. The molecule has 0 spiro atoms. The minimum Gasteiger partial charge on any atom is -1.00 e. The van der Waals surface area contributed by atoms with Gasteiger partial charge < -0.3 is 24.4 Å². The van der Waals surface area contributed by atoms with Crippen molar-refractivity contribution in [2.24, 2.45) is 11.8 Å². The Morgan fingerprint density at radius 2 is 1.28 bits per heavy atom. The van der Waals surface area contributed by atoms with Crippen LogP contribution in [0.15, 0.2) is 60.7 Å². The van der Waals surface area contributed by atoms with Crippen LogP contribution in [-0.4, -0.2) is 33.9 Å². The number of halogens is 1. The smallest absolute Gasteiger partial charge is 1.00 e. The third kappa shape index (κ3) is 16.7. The summed E-state index contributed by atoms with van der Waals surface area (Å²) < 4.78 is 0. The van der Waals surface area contributed by atoms with E-state index in [1.807, 2.05) is 81.4 Å². The van der Waals surface area contributed by atoms with Gasteiger partial charge in [0.15, 0.2) is 5.78 Å². The van der Waals surface area contributed by atoms with Crippen LogP contribution in [0.1, 0.15) is 90.6 Å². The number of benzene rings is 2. The third-order valence-corrected chi connectivity index (χ3v) is 4.33. The van der Waals surface area contributed by atoms with E-state index in [1.54, 1.807) is 6.92 Å². The van der Waals surface area contributed by atoms with Gasteiger partial charge in [0.2, 0.25) is 0 Å². The van der Waals surface area contributed by atoms with Crippen molar-refractivity contribution in [2.75, 3.05) is 0 Å². The number of Topliss-reactive ketones (excluding diaryl/α,β-unsaturated/α-hetero) is 1. The maximum absolute atomic E-state index is 11.5. The van der Waals surface area contributed by atoms with Gasteiger partial charge in [-0.05, 0) is 30.2 Å². The predicted octanol–water partition coefficient (Wildman–Crippen LogP) is 4.74. The van der Waals surface area contributed by atoms with E-state index in [2.05, 4.69) is 34.6 Å². The van der Waals surface area contributed by atoms with Crippen LogP contribution in [0.5, 0.6) is 0 Å². The van der Waals surface area contributed by atoms with Crippen molar-refractivity contribution in [1.29, 1.82) is 0 Å². The van der Waals surface area contributed by atoms with Gasteiger partial charge in [0.1, 0.15) is 0 Å². The van der Waals surface area contributed by atoms with Crippen LogP contribution < -0.4 is 12.4 Å². The zero-order valence-electron chi connectivity index (χ0n) is 21.7. The molecule has 0 amide bonds. The second-order valence-corrected chi connectivity index (χ2v) is 7.74. The summed E-state index contributed by atoms with van der Waals surface area (Å²) >= 11 is 0. The number of ketones is 1. The van der Waals surface area contributed by atoms with E-state index in [4.69, 9.17) is 0 Å². The first kappa shape index (κ1) is 38.4. The fourth-order valence-electron chi connectivity index (χ4n) is 3.00. The molecule has 0 saturated heterocycles. The van der Waals surface area contributed by atoms with Crippen molar-refractivity contribution >= 4 is 28.8 Å². The summed E-state index contributed by atoms with van der Waals surface area (Å²) in [4.78, 5) is 11.5. The molecule has 178 valence electrons. The Bertz CT molecular complexity index is 645. The van der Waals surface area contributed by atoms with Crippen LogP contribution in [-0.2, 0) is 5.60 Å². The van der Waals surface area contributed by atoms with Crippen molar-refractivity contribution < 1.29 is 22.3 Å². The summed E-state index contributed by atoms with van der Waals surface area (Å²) in [7, 11) is 0. The third-order valence-electron chi connectivity index (χ3n) is 4.33. The van der Waals surface area contributed by atoms with Gasteiger partial charge in [-0.15, -0.1) is 0 Å². The van der Waals surface area contributed by atoms with Gasteiger partial charge in [0, 0.05) is 12.0 Å². The van der Waals surface area contributed by atoms with Crippen LogP contribution >= 0.6 is 0 Å². The molecule has 1 N–H and O–H groups in total. The molecule has 32 heavy (non-hydrogen) atoms. The maximum atomic E-state index is 11.5. The van der Waals surface area contributed by atoms with Crippen molar-refractivity contribution in [3.63, 3.8) is 0 Å². The molecule has 0 radical (unpaired) electrons. The SMILES string of the molecule is CC.CC(C)CC(=O)c1ccccc1.CCC(O)(CC(C)C)c1ccccc1.[CH2-]C.[Cl-].[Mg+2]. The van der Waals surface area contributed by atoms with E-state index in [0.717, 1.165) is 24.0 Å². The minimum atomic E-state index is -0.643. The first-order valence-electron chi connectivity index (χ1n) is 11.3. The topological polar surface area (TPSA) is 37.3 Å². The van der Waals surface area contributed by atoms with Crippen LogP contribution in [0.4, 0.5) is 0 Å². The zero-order valence-corrected chi connectivity index (χ0v) is 23.9. The summed E-state index contributed by atoms with van der Waals surface area (Å²) in [5.41, 5.74) is 1.22. The average Bonchev–Trinajstić information content (AvgIpc) is 2.77. The zero-order chi connectivity index (χ0) is 23.6. The molecular weight excluding hydrogens is 428 g/mol. The molecule has 0 bridgehead atoms. The first-order chi connectivity index (χ1) is 14.3. The monoisotopic (exact) mass is 472 g/mol. The largest absolute Gasteiger partial charge is 2.00 e. The molecule has 0 saturated carbocycles. The molecule has 1 atom stereocenters. The van der Waals surface area contributed by atoms with Gasteiger partial charge in [0.05, 0.1) is 5.60 Å². The standard InChI is InChI=1S/C13H20O.C11H14O.C2H6.C2H5.ClH.Mg/c1-4-13(14,10-11(2)3)12-8-6-5-7-9-12;1-9(2)8-11(12)10-6-4-3-5-7-10;2*1-2;;/h5-9,11,14H,4,10H2,1-3H3;3-7,9H,8H2,1-2H3;1-2H3;1H2,2H3;1H;/q;;;-1;;+2/p-1. The second kappa shape index (κ2) is 23.3. The molecule has 0 aliphatic rings. The summed E-state index contributed by atoms with van der Waals surface area (Å²) in [5, 5.41) is 10.5. The van der Waals surface area contributed by atoms with Crippen LogP contribution in [0.3, 0.4) is 0 Å². The molecule has 2 rings (SSSR count).